The Morgan fingerprint density at radius 3 is 2.62 bits per heavy atom. The molecule has 1 aromatic carbocycles. The number of halogens is 1. The highest BCUT2D eigenvalue weighted by Gasteiger charge is 2.30. The van der Waals surface area contributed by atoms with Gasteiger partial charge in [-0.1, -0.05) is 15.9 Å². The number of carbonyl (C=O) groups is 1. The van der Waals surface area contributed by atoms with Crippen LogP contribution in [0.5, 0.6) is 0 Å². The number of β-amino-alcohol motifs (C(OH)–C–C–N with tert-alkyl or cyclic N) is 1. The van der Waals surface area contributed by atoms with Gasteiger partial charge in [-0.05, 0) is 37.1 Å². The fourth-order valence-electron chi connectivity index (χ4n) is 1.99. The minimum atomic E-state index is -0.532. The monoisotopic (exact) mass is 283 g/mol. The number of rotatable bonds is 1. The van der Waals surface area contributed by atoms with Crippen molar-refractivity contribution >= 4 is 27.5 Å². The van der Waals surface area contributed by atoms with Gasteiger partial charge in [-0.25, -0.2) is 0 Å². The Balaban J connectivity index is 2.42. The van der Waals surface area contributed by atoms with Crippen molar-refractivity contribution in [2.45, 2.75) is 26.4 Å². The molecule has 4 heteroatoms. The molecular weight excluding hydrogens is 270 g/mol. The number of carbonyl (C=O) groups excluding carboxylic acids is 1. The number of amides is 1. The van der Waals surface area contributed by atoms with Crippen LogP contribution < -0.4 is 4.90 Å². The predicted molar refractivity (Wildman–Crippen MR) is 66.6 cm³/mol. The first-order chi connectivity index (χ1) is 7.50. The average Bonchev–Trinajstić information content (AvgIpc) is 2.55. The Kier molecular flexibility index (Phi) is 3.04. The number of hydrogen-bond acceptors (Lipinski definition) is 2. The van der Waals surface area contributed by atoms with Gasteiger partial charge in [0, 0.05) is 10.2 Å². The summed E-state index contributed by atoms with van der Waals surface area (Å²) in [7, 11) is 0. The van der Waals surface area contributed by atoms with E-state index in [0.717, 1.165) is 21.3 Å². The molecule has 0 aliphatic carbocycles. The zero-order chi connectivity index (χ0) is 11.9. The van der Waals surface area contributed by atoms with Crippen LogP contribution in [-0.2, 0) is 4.79 Å². The van der Waals surface area contributed by atoms with Crippen LogP contribution in [0.2, 0.25) is 0 Å². The van der Waals surface area contributed by atoms with E-state index in [9.17, 15) is 9.90 Å². The van der Waals surface area contributed by atoms with Crippen LogP contribution in [0, 0.1) is 13.8 Å². The van der Waals surface area contributed by atoms with Crippen molar-refractivity contribution in [2.75, 3.05) is 11.4 Å². The van der Waals surface area contributed by atoms with Gasteiger partial charge < -0.3 is 10.0 Å². The number of anilines is 1. The molecule has 1 atom stereocenters. The predicted octanol–water partition coefficient (Wildman–Crippen LogP) is 2.16. The molecule has 0 spiro atoms. The Morgan fingerprint density at radius 1 is 1.38 bits per heavy atom. The molecule has 1 heterocycles. The van der Waals surface area contributed by atoms with Crippen LogP contribution in [0.3, 0.4) is 0 Å². The lowest BCUT2D eigenvalue weighted by Gasteiger charge is -2.20. The third-order valence-electron chi connectivity index (χ3n) is 3.09. The number of aliphatic hydroxyl groups excluding tert-OH is 1. The maximum atomic E-state index is 11.7. The summed E-state index contributed by atoms with van der Waals surface area (Å²) < 4.78 is 1.04. The third-order valence-corrected chi connectivity index (χ3v) is 3.95. The van der Waals surface area contributed by atoms with Crippen LogP contribution >= 0.6 is 15.9 Å². The van der Waals surface area contributed by atoms with Crippen molar-refractivity contribution in [3.05, 3.63) is 27.7 Å². The van der Waals surface area contributed by atoms with E-state index in [1.54, 1.807) is 4.90 Å². The molecule has 86 valence electrons. The quantitative estimate of drug-likeness (QED) is 0.858. The first kappa shape index (κ1) is 11.6. The lowest BCUT2D eigenvalue weighted by molar-refractivity contribution is -0.117. The van der Waals surface area contributed by atoms with Gasteiger partial charge >= 0.3 is 0 Å². The second kappa shape index (κ2) is 4.18. The fourth-order valence-corrected chi connectivity index (χ4v) is 2.42. The Hall–Kier alpha value is -0.870. The summed E-state index contributed by atoms with van der Waals surface area (Å²) in [4.78, 5) is 13.4. The first-order valence-corrected chi connectivity index (χ1v) is 6.04. The van der Waals surface area contributed by atoms with Gasteiger partial charge in [0.1, 0.15) is 0 Å². The molecular formula is C12H14BrNO2. The highest BCUT2D eigenvalue weighted by Crippen LogP contribution is 2.31. The first-order valence-electron chi connectivity index (χ1n) is 5.25. The van der Waals surface area contributed by atoms with Gasteiger partial charge in [0.25, 0.3) is 0 Å². The van der Waals surface area contributed by atoms with Gasteiger partial charge in [-0.3, -0.25) is 4.79 Å². The van der Waals surface area contributed by atoms with Gasteiger partial charge in [0.15, 0.2) is 0 Å². The molecule has 0 saturated carbocycles. The van der Waals surface area contributed by atoms with Gasteiger partial charge in [0.2, 0.25) is 5.91 Å². The molecule has 1 aromatic rings. The highest BCUT2D eigenvalue weighted by atomic mass is 79.9. The molecule has 0 aromatic heterocycles. The van der Waals surface area contributed by atoms with Crippen molar-refractivity contribution < 1.29 is 9.90 Å². The van der Waals surface area contributed by atoms with Crippen LogP contribution in [0.25, 0.3) is 0 Å². The zero-order valence-corrected chi connectivity index (χ0v) is 10.9. The lowest BCUT2D eigenvalue weighted by atomic mass is 10.1. The van der Waals surface area contributed by atoms with E-state index in [2.05, 4.69) is 15.9 Å². The maximum Gasteiger partial charge on any atom is 0.229 e. The standard InChI is InChI=1S/C12H14BrNO2/c1-7-8(2)11(4-3-10(7)13)14-6-9(15)5-12(14)16/h3-4,9,15H,5-6H2,1-2H3. The topological polar surface area (TPSA) is 40.5 Å². The van der Waals surface area contributed by atoms with E-state index in [1.807, 2.05) is 26.0 Å². The summed E-state index contributed by atoms with van der Waals surface area (Å²) in [6, 6.07) is 3.86. The third kappa shape index (κ3) is 1.87. The number of aliphatic hydroxyl groups is 1. The second-order valence-corrected chi connectivity index (χ2v) is 5.03. The van der Waals surface area contributed by atoms with Gasteiger partial charge in [0.05, 0.1) is 19.1 Å². The summed E-state index contributed by atoms with van der Waals surface area (Å²) >= 11 is 3.46. The molecule has 1 amide bonds. The lowest BCUT2D eigenvalue weighted by Crippen LogP contribution is -2.26. The summed E-state index contributed by atoms with van der Waals surface area (Å²) in [5.74, 6) is -0.00248. The summed E-state index contributed by atoms with van der Waals surface area (Å²) in [5.41, 5.74) is 3.12. The highest BCUT2D eigenvalue weighted by molar-refractivity contribution is 9.10. The van der Waals surface area contributed by atoms with E-state index in [0.29, 0.717) is 6.54 Å². The van der Waals surface area contributed by atoms with E-state index in [4.69, 9.17) is 0 Å². The number of nitrogens with zero attached hydrogens (tertiary/aromatic N) is 1. The second-order valence-electron chi connectivity index (χ2n) is 4.18. The Labute approximate surface area is 103 Å². The van der Waals surface area contributed by atoms with Crippen molar-refractivity contribution in [2.24, 2.45) is 0 Å². The average molecular weight is 284 g/mol. The van der Waals surface area contributed by atoms with Crippen molar-refractivity contribution in [3.63, 3.8) is 0 Å². The molecule has 1 aliphatic heterocycles. The Morgan fingerprint density at radius 2 is 2.06 bits per heavy atom. The van der Waals surface area contributed by atoms with E-state index >= 15 is 0 Å². The molecule has 0 radical (unpaired) electrons. The molecule has 1 fully saturated rings. The minimum absolute atomic E-state index is 0.00248. The summed E-state index contributed by atoms with van der Waals surface area (Å²) in [6.45, 7) is 4.41. The van der Waals surface area contributed by atoms with Crippen LogP contribution in [-0.4, -0.2) is 23.7 Å². The number of benzene rings is 1. The smallest absolute Gasteiger partial charge is 0.229 e. The number of hydrogen-bond donors (Lipinski definition) is 1. The molecule has 2 rings (SSSR count). The Bertz CT molecular complexity index is 445. The zero-order valence-electron chi connectivity index (χ0n) is 9.33. The molecule has 1 unspecified atom stereocenters. The molecule has 3 nitrogen and oxygen atoms in total. The van der Waals surface area contributed by atoms with E-state index in [-0.39, 0.29) is 12.3 Å². The van der Waals surface area contributed by atoms with Crippen molar-refractivity contribution in [3.8, 4) is 0 Å². The van der Waals surface area contributed by atoms with Crippen LogP contribution in [0.4, 0.5) is 5.69 Å². The largest absolute Gasteiger partial charge is 0.391 e. The minimum Gasteiger partial charge on any atom is -0.391 e. The van der Waals surface area contributed by atoms with Crippen molar-refractivity contribution in [1.82, 2.24) is 0 Å². The summed E-state index contributed by atoms with van der Waals surface area (Å²) in [5, 5.41) is 9.47. The molecule has 16 heavy (non-hydrogen) atoms. The fraction of sp³-hybridized carbons (Fsp3) is 0.417. The van der Waals surface area contributed by atoms with Gasteiger partial charge in [-0.2, -0.15) is 0 Å². The molecule has 1 N–H and O–H groups in total. The molecule has 1 aliphatic rings. The van der Waals surface area contributed by atoms with E-state index < -0.39 is 6.10 Å². The molecule has 1 saturated heterocycles. The van der Waals surface area contributed by atoms with Gasteiger partial charge in [-0.15, -0.1) is 0 Å². The normalized spacial score (nSPS) is 20.6. The van der Waals surface area contributed by atoms with Crippen molar-refractivity contribution in [1.29, 1.82) is 0 Å². The SMILES string of the molecule is Cc1c(Br)ccc(N2CC(O)CC2=O)c1C. The molecule has 0 bridgehead atoms. The summed E-state index contributed by atoms with van der Waals surface area (Å²) in [6.07, 6.45) is -0.301. The van der Waals surface area contributed by atoms with Crippen LogP contribution in [0.1, 0.15) is 17.5 Å². The van der Waals surface area contributed by atoms with E-state index in [1.165, 1.54) is 0 Å². The van der Waals surface area contributed by atoms with Crippen LogP contribution in [0.15, 0.2) is 16.6 Å². The maximum absolute atomic E-state index is 11.7.